The Morgan fingerprint density at radius 2 is 2.19 bits per heavy atom. The summed E-state index contributed by atoms with van der Waals surface area (Å²) < 4.78 is 6.97. The quantitative estimate of drug-likeness (QED) is 0.770. The summed E-state index contributed by atoms with van der Waals surface area (Å²) in [5.74, 6) is 0.421. The standard InChI is InChI=1S/C13H9BrCl2N2O2S/c14-7-1-6(21-13(7)16)4-17-9-3-11-10(2-8(9)15)18-12(19)5-20-11/h1-3,17H,4-5H2,(H,18,19). The highest BCUT2D eigenvalue weighted by Crippen LogP contribution is 2.37. The maximum absolute atomic E-state index is 11.3. The number of anilines is 2. The van der Waals surface area contributed by atoms with E-state index >= 15 is 0 Å². The van der Waals surface area contributed by atoms with E-state index in [-0.39, 0.29) is 12.5 Å². The van der Waals surface area contributed by atoms with Crippen LogP contribution < -0.4 is 15.4 Å². The van der Waals surface area contributed by atoms with Crippen LogP contribution in [-0.2, 0) is 11.3 Å². The molecule has 0 unspecified atom stereocenters. The van der Waals surface area contributed by atoms with Gasteiger partial charge in [0.05, 0.1) is 16.4 Å². The first-order chi connectivity index (χ1) is 10.0. The van der Waals surface area contributed by atoms with Crippen LogP contribution in [0.25, 0.3) is 0 Å². The molecule has 2 aromatic rings. The van der Waals surface area contributed by atoms with E-state index in [0.717, 1.165) is 19.4 Å². The molecule has 2 heterocycles. The molecule has 2 N–H and O–H groups in total. The Labute approximate surface area is 143 Å². The third-order valence-corrected chi connectivity index (χ3v) is 5.64. The minimum Gasteiger partial charge on any atom is -0.482 e. The molecule has 21 heavy (non-hydrogen) atoms. The fourth-order valence-corrected chi connectivity index (χ4v) is 3.86. The van der Waals surface area contributed by atoms with E-state index in [1.54, 1.807) is 12.1 Å². The van der Waals surface area contributed by atoms with Gasteiger partial charge in [-0.05, 0) is 28.1 Å². The van der Waals surface area contributed by atoms with Crippen LogP contribution in [0.15, 0.2) is 22.7 Å². The first kappa shape index (κ1) is 15.0. The van der Waals surface area contributed by atoms with Crippen molar-refractivity contribution in [3.8, 4) is 5.75 Å². The van der Waals surface area contributed by atoms with Crippen LogP contribution in [0.1, 0.15) is 4.88 Å². The molecule has 0 saturated carbocycles. The van der Waals surface area contributed by atoms with Crippen LogP contribution >= 0.6 is 50.5 Å². The molecule has 8 heteroatoms. The molecule has 1 aromatic carbocycles. The highest BCUT2D eigenvalue weighted by atomic mass is 79.9. The SMILES string of the molecule is O=C1COc2cc(NCc3cc(Br)c(Cl)s3)c(Cl)cc2N1. The van der Waals surface area contributed by atoms with E-state index in [9.17, 15) is 4.79 Å². The Bertz CT molecular complexity index is 701. The second kappa shape index (κ2) is 6.04. The van der Waals surface area contributed by atoms with Gasteiger partial charge in [0.25, 0.3) is 5.91 Å². The van der Waals surface area contributed by atoms with Crippen molar-refractivity contribution in [3.05, 3.63) is 36.9 Å². The third-order valence-electron chi connectivity index (χ3n) is 2.85. The number of ether oxygens (including phenoxy) is 1. The largest absolute Gasteiger partial charge is 0.482 e. The molecule has 110 valence electrons. The van der Waals surface area contributed by atoms with E-state index in [1.807, 2.05) is 6.07 Å². The Morgan fingerprint density at radius 1 is 1.38 bits per heavy atom. The summed E-state index contributed by atoms with van der Waals surface area (Å²) in [4.78, 5) is 12.3. The summed E-state index contributed by atoms with van der Waals surface area (Å²) >= 11 is 17.1. The van der Waals surface area contributed by atoms with E-state index in [2.05, 4.69) is 26.6 Å². The summed E-state index contributed by atoms with van der Waals surface area (Å²) in [5.41, 5.74) is 1.33. The molecule has 0 saturated heterocycles. The molecule has 1 aliphatic heterocycles. The molecule has 1 amide bonds. The lowest BCUT2D eigenvalue weighted by Gasteiger charge is -2.19. The summed E-state index contributed by atoms with van der Waals surface area (Å²) in [6, 6.07) is 5.41. The zero-order chi connectivity index (χ0) is 15.0. The van der Waals surface area contributed by atoms with E-state index in [0.29, 0.717) is 23.0 Å². The van der Waals surface area contributed by atoms with Crippen molar-refractivity contribution in [1.82, 2.24) is 0 Å². The Hall–Kier alpha value is -0.950. The van der Waals surface area contributed by atoms with Crippen LogP contribution in [0.4, 0.5) is 11.4 Å². The number of halogens is 3. The number of hydrogen-bond acceptors (Lipinski definition) is 4. The molecular weight excluding hydrogens is 399 g/mol. The van der Waals surface area contributed by atoms with Crippen molar-refractivity contribution in [2.45, 2.75) is 6.54 Å². The molecular formula is C13H9BrCl2N2O2S. The van der Waals surface area contributed by atoms with Crippen LogP contribution in [0.5, 0.6) is 5.75 Å². The monoisotopic (exact) mass is 406 g/mol. The number of fused-ring (bicyclic) bond motifs is 1. The zero-order valence-corrected chi connectivity index (χ0v) is 14.4. The predicted octanol–water partition coefficient (Wildman–Crippen LogP) is 4.76. The summed E-state index contributed by atoms with van der Waals surface area (Å²) in [7, 11) is 0. The number of carbonyl (C=O) groups excluding carboxylic acids is 1. The fourth-order valence-electron chi connectivity index (χ4n) is 1.90. The van der Waals surface area contributed by atoms with Crippen LogP contribution in [0.3, 0.4) is 0 Å². The molecule has 0 radical (unpaired) electrons. The summed E-state index contributed by atoms with van der Waals surface area (Å²) in [6.07, 6.45) is 0. The number of benzene rings is 1. The number of carbonyl (C=O) groups is 1. The van der Waals surface area contributed by atoms with Gasteiger partial charge in [0, 0.05) is 22.0 Å². The second-order valence-corrected chi connectivity index (χ2v) is 7.35. The van der Waals surface area contributed by atoms with Crippen molar-refractivity contribution in [3.63, 3.8) is 0 Å². The first-order valence-electron chi connectivity index (χ1n) is 5.96. The molecule has 1 aliphatic rings. The fraction of sp³-hybridized carbons (Fsp3) is 0.154. The average molecular weight is 408 g/mol. The van der Waals surface area contributed by atoms with Gasteiger partial charge in [0.2, 0.25) is 0 Å². The molecule has 0 fully saturated rings. The zero-order valence-electron chi connectivity index (χ0n) is 10.5. The molecule has 0 bridgehead atoms. The summed E-state index contributed by atoms with van der Waals surface area (Å²) in [5, 5.41) is 6.47. The van der Waals surface area contributed by atoms with E-state index < -0.39 is 0 Å². The normalized spacial score (nSPS) is 13.4. The van der Waals surface area contributed by atoms with Gasteiger partial charge in [-0.2, -0.15) is 0 Å². The molecule has 4 nitrogen and oxygen atoms in total. The Balaban J connectivity index is 1.78. The lowest BCUT2D eigenvalue weighted by atomic mass is 10.2. The van der Waals surface area contributed by atoms with Crippen molar-refractivity contribution < 1.29 is 9.53 Å². The predicted molar refractivity (Wildman–Crippen MR) is 89.9 cm³/mol. The number of hydrogen-bond donors (Lipinski definition) is 2. The van der Waals surface area contributed by atoms with Crippen molar-refractivity contribution in [2.75, 3.05) is 17.2 Å². The van der Waals surface area contributed by atoms with Crippen LogP contribution in [-0.4, -0.2) is 12.5 Å². The van der Waals surface area contributed by atoms with Gasteiger partial charge in [-0.25, -0.2) is 0 Å². The van der Waals surface area contributed by atoms with Crippen molar-refractivity contribution in [1.29, 1.82) is 0 Å². The summed E-state index contributed by atoms with van der Waals surface area (Å²) in [6.45, 7) is 0.613. The molecule has 0 spiro atoms. The molecule has 0 atom stereocenters. The lowest BCUT2D eigenvalue weighted by molar-refractivity contribution is -0.118. The maximum atomic E-state index is 11.3. The van der Waals surface area contributed by atoms with Gasteiger partial charge < -0.3 is 15.4 Å². The lowest BCUT2D eigenvalue weighted by Crippen LogP contribution is -2.25. The minimum absolute atomic E-state index is 0.0154. The highest BCUT2D eigenvalue weighted by Gasteiger charge is 2.18. The topological polar surface area (TPSA) is 50.4 Å². The van der Waals surface area contributed by atoms with Gasteiger partial charge >= 0.3 is 0 Å². The van der Waals surface area contributed by atoms with Gasteiger partial charge in [-0.1, -0.05) is 23.2 Å². The van der Waals surface area contributed by atoms with Crippen LogP contribution in [0, 0.1) is 0 Å². The Kier molecular flexibility index (Phi) is 4.31. The average Bonchev–Trinajstić information content (AvgIpc) is 2.75. The Morgan fingerprint density at radius 3 is 2.90 bits per heavy atom. The van der Waals surface area contributed by atoms with Gasteiger partial charge in [0.15, 0.2) is 6.61 Å². The molecule has 0 aliphatic carbocycles. The molecule has 3 rings (SSSR count). The van der Waals surface area contributed by atoms with E-state index in [1.165, 1.54) is 11.3 Å². The number of thiophene rings is 1. The van der Waals surface area contributed by atoms with Crippen LogP contribution in [0.2, 0.25) is 9.36 Å². The smallest absolute Gasteiger partial charge is 0.262 e. The minimum atomic E-state index is -0.183. The first-order valence-corrected chi connectivity index (χ1v) is 8.33. The van der Waals surface area contributed by atoms with Crippen molar-refractivity contribution in [2.24, 2.45) is 0 Å². The maximum Gasteiger partial charge on any atom is 0.262 e. The van der Waals surface area contributed by atoms with Crippen molar-refractivity contribution >= 4 is 67.8 Å². The van der Waals surface area contributed by atoms with Gasteiger partial charge in [-0.3, -0.25) is 4.79 Å². The highest BCUT2D eigenvalue weighted by molar-refractivity contribution is 9.10. The van der Waals surface area contributed by atoms with E-state index in [4.69, 9.17) is 27.9 Å². The van der Waals surface area contributed by atoms with Gasteiger partial charge in [-0.15, -0.1) is 11.3 Å². The second-order valence-electron chi connectivity index (χ2n) is 4.35. The number of amides is 1. The molecule has 1 aromatic heterocycles. The van der Waals surface area contributed by atoms with Gasteiger partial charge in [0.1, 0.15) is 10.1 Å². The number of rotatable bonds is 3. The number of nitrogens with one attached hydrogen (secondary N) is 2. The third kappa shape index (κ3) is 3.29.